The van der Waals surface area contributed by atoms with E-state index in [0.29, 0.717) is 0 Å². The minimum atomic E-state index is -0.0868. The molecule has 0 aromatic heterocycles. The summed E-state index contributed by atoms with van der Waals surface area (Å²) in [4.78, 5) is 0. The van der Waals surface area contributed by atoms with Crippen LogP contribution in [-0.4, -0.2) is 12.2 Å². The summed E-state index contributed by atoms with van der Waals surface area (Å²) in [5.74, 6) is 0. The van der Waals surface area contributed by atoms with Crippen LogP contribution in [0.5, 0.6) is 0 Å². The molecule has 54 valence electrons. The standard InChI is InChI=1S/C7H16N2/c1-7(8)5-3-2-4-6-9-7/h9H,2-6,8H2,1H3. The molecule has 2 heteroatoms. The fraction of sp³-hybridized carbons (Fsp3) is 1.00. The average molecular weight is 128 g/mol. The van der Waals surface area contributed by atoms with E-state index >= 15 is 0 Å². The molecule has 1 heterocycles. The Morgan fingerprint density at radius 3 is 2.89 bits per heavy atom. The molecule has 3 N–H and O–H groups in total. The molecule has 1 aliphatic rings. The van der Waals surface area contributed by atoms with Gasteiger partial charge in [-0.05, 0) is 26.3 Å². The number of hydrogen-bond donors (Lipinski definition) is 2. The van der Waals surface area contributed by atoms with Crippen molar-refractivity contribution >= 4 is 0 Å². The predicted molar refractivity (Wildman–Crippen MR) is 39.1 cm³/mol. The van der Waals surface area contributed by atoms with Gasteiger partial charge in [-0.3, -0.25) is 5.32 Å². The van der Waals surface area contributed by atoms with E-state index in [1.807, 2.05) is 0 Å². The molecule has 0 aliphatic carbocycles. The molecule has 1 aliphatic heterocycles. The van der Waals surface area contributed by atoms with Crippen LogP contribution in [0.2, 0.25) is 0 Å². The normalized spacial score (nSPS) is 38.0. The number of nitrogens with two attached hydrogens (primary N) is 1. The Hall–Kier alpha value is -0.0800. The van der Waals surface area contributed by atoms with Crippen molar-refractivity contribution in [3.63, 3.8) is 0 Å². The van der Waals surface area contributed by atoms with E-state index in [1.54, 1.807) is 0 Å². The molecule has 1 saturated heterocycles. The summed E-state index contributed by atoms with van der Waals surface area (Å²) >= 11 is 0. The summed E-state index contributed by atoms with van der Waals surface area (Å²) in [5, 5.41) is 3.30. The number of nitrogens with one attached hydrogen (secondary N) is 1. The van der Waals surface area contributed by atoms with Gasteiger partial charge in [0.1, 0.15) is 0 Å². The van der Waals surface area contributed by atoms with Gasteiger partial charge in [0, 0.05) is 0 Å². The molecule has 0 radical (unpaired) electrons. The minimum absolute atomic E-state index is 0.0868. The van der Waals surface area contributed by atoms with Crippen LogP contribution in [0, 0.1) is 0 Å². The third-order valence-corrected chi connectivity index (χ3v) is 1.90. The highest BCUT2D eigenvalue weighted by atomic mass is 15.1. The van der Waals surface area contributed by atoms with E-state index in [4.69, 9.17) is 5.73 Å². The molecule has 0 saturated carbocycles. The second kappa shape index (κ2) is 2.67. The van der Waals surface area contributed by atoms with Gasteiger partial charge in [0.05, 0.1) is 5.66 Å². The van der Waals surface area contributed by atoms with Gasteiger partial charge in [-0.1, -0.05) is 12.8 Å². The van der Waals surface area contributed by atoms with Gasteiger partial charge < -0.3 is 5.73 Å². The molecule has 1 atom stereocenters. The van der Waals surface area contributed by atoms with Gasteiger partial charge in [-0.25, -0.2) is 0 Å². The Kier molecular flexibility index (Phi) is 2.09. The maximum absolute atomic E-state index is 5.87. The smallest absolute Gasteiger partial charge is 0.0632 e. The monoisotopic (exact) mass is 128 g/mol. The first kappa shape index (κ1) is 7.03. The molecule has 1 fully saturated rings. The molecule has 0 amide bonds. The minimum Gasteiger partial charge on any atom is -0.314 e. The molecular formula is C7H16N2. The van der Waals surface area contributed by atoms with Gasteiger partial charge >= 0.3 is 0 Å². The van der Waals surface area contributed by atoms with Gasteiger partial charge in [0.25, 0.3) is 0 Å². The highest BCUT2D eigenvalue weighted by Gasteiger charge is 2.18. The second-order valence-electron chi connectivity index (χ2n) is 3.15. The van der Waals surface area contributed by atoms with Crippen LogP contribution in [0.15, 0.2) is 0 Å². The Labute approximate surface area is 56.8 Å². The Morgan fingerprint density at radius 1 is 1.33 bits per heavy atom. The maximum atomic E-state index is 5.87. The van der Waals surface area contributed by atoms with Crippen molar-refractivity contribution in [3.05, 3.63) is 0 Å². The summed E-state index contributed by atoms with van der Waals surface area (Å²) in [7, 11) is 0. The first-order chi connectivity index (χ1) is 4.21. The molecule has 1 rings (SSSR count). The topological polar surface area (TPSA) is 38.0 Å². The second-order valence-corrected chi connectivity index (χ2v) is 3.15. The van der Waals surface area contributed by atoms with E-state index in [0.717, 1.165) is 13.0 Å². The summed E-state index contributed by atoms with van der Waals surface area (Å²) < 4.78 is 0. The van der Waals surface area contributed by atoms with E-state index in [2.05, 4.69) is 12.2 Å². The van der Waals surface area contributed by atoms with Gasteiger partial charge in [0.2, 0.25) is 0 Å². The third kappa shape index (κ3) is 2.33. The molecule has 0 bridgehead atoms. The van der Waals surface area contributed by atoms with Gasteiger partial charge in [-0.2, -0.15) is 0 Å². The van der Waals surface area contributed by atoms with Crippen LogP contribution < -0.4 is 11.1 Å². The predicted octanol–water partition coefficient (Wildman–Crippen LogP) is 0.825. The first-order valence-electron chi connectivity index (χ1n) is 3.75. The lowest BCUT2D eigenvalue weighted by molar-refractivity contribution is 0.362. The Morgan fingerprint density at radius 2 is 2.11 bits per heavy atom. The van der Waals surface area contributed by atoms with Crippen LogP contribution in [0.25, 0.3) is 0 Å². The lowest BCUT2D eigenvalue weighted by atomic mass is 10.1. The molecule has 1 unspecified atom stereocenters. The fourth-order valence-electron chi connectivity index (χ4n) is 1.26. The summed E-state index contributed by atoms with van der Waals surface area (Å²) in [6.07, 6.45) is 5.01. The summed E-state index contributed by atoms with van der Waals surface area (Å²) in [6, 6.07) is 0. The SMILES string of the molecule is CC1(N)CCCCCN1. The molecule has 9 heavy (non-hydrogen) atoms. The molecule has 0 spiro atoms. The van der Waals surface area contributed by atoms with E-state index in [-0.39, 0.29) is 5.66 Å². The zero-order valence-electron chi connectivity index (χ0n) is 6.11. The molecule has 2 nitrogen and oxygen atoms in total. The van der Waals surface area contributed by atoms with Gasteiger partial charge in [0.15, 0.2) is 0 Å². The van der Waals surface area contributed by atoms with Crippen molar-refractivity contribution in [2.75, 3.05) is 6.54 Å². The summed E-state index contributed by atoms with van der Waals surface area (Å²) in [6.45, 7) is 3.16. The van der Waals surface area contributed by atoms with Crippen LogP contribution in [0.4, 0.5) is 0 Å². The van der Waals surface area contributed by atoms with Crippen LogP contribution >= 0.6 is 0 Å². The molecular weight excluding hydrogens is 112 g/mol. The fourth-order valence-corrected chi connectivity index (χ4v) is 1.26. The average Bonchev–Trinajstić information content (AvgIpc) is 1.92. The van der Waals surface area contributed by atoms with Gasteiger partial charge in [-0.15, -0.1) is 0 Å². The van der Waals surface area contributed by atoms with E-state index in [1.165, 1.54) is 19.3 Å². The largest absolute Gasteiger partial charge is 0.314 e. The lowest BCUT2D eigenvalue weighted by Crippen LogP contribution is -2.49. The molecule has 0 aromatic rings. The number of rotatable bonds is 0. The summed E-state index contributed by atoms with van der Waals surface area (Å²) in [5.41, 5.74) is 5.78. The van der Waals surface area contributed by atoms with Crippen molar-refractivity contribution in [1.82, 2.24) is 5.32 Å². The van der Waals surface area contributed by atoms with Crippen molar-refractivity contribution in [2.24, 2.45) is 5.73 Å². The van der Waals surface area contributed by atoms with Crippen molar-refractivity contribution in [3.8, 4) is 0 Å². The van der Waals surface area contributed by atoms with Crippen molar-refractivity contribution < 1.29 is 0 Å². The van der Waals surface area contributed by atoms with Crippen LogP contribution in [-0.2, 0) is 0 Å². The molecule has 0 aromatic carbocycles. The highest BCUT2D eigenvalue weighted by Crippen LogP contribution is 2.12. The van der Waals surface area contributed by atoms with E-state index < -0.39 is 0 Å². The van der Waals surface area contributed by atoms with Crippen LogP contribution in [0.3, 0.4) is 0 Å². The zero-order chi connectivity index (χ0) is 6.74. The van der Waals surface area contributed by atoms with Crippen LogP contribution in [0.1, 0.15) is 32.6 Å². The number of hydrogen-bond acceptors (Lipinski definition) is 2. The Bertz CT molecular complexity index is 78.9. The quantitative estimate of drug-likeness (QED) is 0.507. The zero-order valence-corrected chi connectivity index (χ0v) is 6.11. The highest BCUT2D eigenvalue weighted by molar-refractivity contribution is 4.77. The third-order valence-electron chi connectivity index (χ3n) is 1.90. The van der Waals surface area contributed by atoms with E-state index in [9.17, 15) is 0 Å². The maximum Gasteiger partial charge on any atom is 0.0632 e. The van der Waals surface area contributed by atoms with Crippen molar-refractivity contribution in [2.45, 2.75) is 38.3 Å². The first-order valence-corrected chi connectivity index (χ1v) is 3.75. The Balaban J connectivity index is 2.36. The van der Waals surface area contributed by atoms with Crippen molar-refractivity contribution in [1.29, 1.82) is 0 Å². The lowest BCUT2D eigenvalue weighted by Gasteiger charge is -2.23.